The molecule has 104 valence electrons. The summed E-state index contributed by atoms with van der Waals surface area (Å²) in [4.78, 5) is 0. The van der Waals surface area contributed by atoms with Crippen LogP contribution in [0.3, 0.4) is 0 Å². The summed E-state index contributed by atoms with van der Waals surface area (Å²) < 4.78 is 0. The van der Waals surface area contributed by atoms with Crippen molar-refractivity contribution in [1.82, 2.24) is 0 Å². The van der Waals surface area contributed by atoms with E-state index >= 15 is 0 Å². The smallest absolute Gasteiger partial charge is 0.342 e. The summed E-state index contributed by atoms with van der Waals surface area (Å²) in [5.74, 6) is 0. The molecule has 0 aliphatic rings. The Bertz CT molecular complexity index is 138. The van der Waals surface area contributed by atoms with Gasteiger partial charge in [-0.15, -0.1) is 8.07 Å². The zero-order chi connectivity index (χ0) is 13.4. The van der Waals surface area contributed by atoms with Gasteiger partial charge in [0.1, 0.15) is 0 Å². The average molecular weight is 434 g/mol. The second-order valence-electron chi connectivity index (χ2n) is 4.68. The Morgan fingerprint density at radius 1 is 0.882 bits per heavy atom. The van der Waals surface area contributed by atoms with E-state index in [1.807, 2.05) is 70.9 Å². The molecule has 0 atom stereocenters. The predicted molar refractivity (Wildman–Crippen MR) is 82.0 cm³/mol. The van der Waals surface area contributed by atoms with E-state index in [9.17, 15) is 0 Å². The fourth-order valence-electron chi connectivity index (χ4n) is 0.321. The van der Waals surface area contributed by atoms with Gasteiger partial charge in [0.15, 0.2) is 0 Å². The standard InChI is InChI=1S/C5H5.C4H11Si.2C3H7.Pt/c1-2-4-5-3-1;1-5(2,3)4;2*1-3-2;/h1-5H;1H2,2-4H3;2*3H,1-2H3;/q4*-1;+4. The van der Waals surface area contributed by atoms with Crippen LogP contribution < -0.4 is 0 Å². The third kappa shape index (κ3) is 120. The maximum atomic E-state index is 3.91. The van der Waals surface area contributed by atoms with E-state index in [2.05, 4.69) is 26.2 Å². The van der Waals surface area contributed by atoms with Crippen LogP contribution in [0, 0.1) is 19.4 Å². The van der Waals surface area contributed by atoms with Crippen molar-refractivity contribution in [1.29, 1.82) is 0 Å². The molecule has 0 spiro atoms. The zero-order valence-electron chi connectivity index (χ0n) is 12.6. The minimum absolute atomic E-state index is 0. The topological polar surface area (TPSA) is 0 Å². The molecule has 1 aromatic carbocycles. The number of rotatable bonds is 0. The minimum Gasteiger partial charge on any atom is -0.342 e. The first-order chi connectivity index (χ1) is 7.33. The van der Waals surface area contributed by atoms with Crippen molar-refractivity contribution in [3.05, 3.63) is 49.7 Å². The molecule has 0 aliphatic carbocycles. The van der Waals surface area contributed by atoms with Crippen molar-refractivity contribution >= 4 is 8.07 Å². The normalized spacial score (nSPS) is 8.00. The van der Waals surface area contributed by atoms with E-state index in [1.165, 1.54) is 0 Å². The summed E-state index contributed by atoms with van der Waals surface area (Å²) in [5.41, 5.74) is 0. The Balaban J connectivity index is -0.0000000673. The second kappa shape index (κ2) is 21.5. The summed E-state index contributed by atoms with van der Waals surface area (Å²) in [5, 5.41) is 0. The van der Waals surface area contributed by atoms with Crippen LogP contribution >= 0.6 is 0 Å². The molecule has 1 rings (SSSR count). The van der Waals surface area contributed by atoms with E-state index < -0.39 is 8.07 Å². The Morgan fingerprint density at radius 2 is 1.06 bits per heavy atom. The molecule has 0 bridgehead atoms. The minimum atomic E-state index is -0.861. The molecule has 0 radical (unpaired) electrons. The van der Waals surface area contributed by atoms with Gasteiger partial charge in [-0.05, 0) is 0 Å². The molecule has 17 heavy (non-hydrogen) atoms. The zero-order valence-corrected chi connectivity index (χ0v) is 15.8. The van der Waals surface area contributed by atoms with Crippen molar-refractivity contribution in [3.63, 3.8) is 0 Å². The average Bonchev–Trinajstić information content (AvgIpc) is 2.58. The molecule has 0 amide bonds. The van der Waals surface area contributed by atoms with Crippen LogP contribution in [0.4, 0.5) is 0 Å². The van der Waals surface area contributed by atoms with Gasteiger partial charge in [0, 0.05) is 0 Å². The fourth-order valence-corrected chi connectivity index (χ4v) is 0.321. The van der Waals surface area contributed by atoms with Crippen LogP contribution in [0.1, 0.15) is 27.7 Å². The largest absolute Gasteiger partial charge is 4.00 e. The van der Waals surface area contributed by atoms with Gasteiger partial charge in [-0.1, -0.05) is 19.6 Å². The van der Waals surface area contributed by atoms with Crippen molar-refractivity contribution < 1.29 is 21.1 Å². The summed E-state index contributed by atoms with van der Waals surface area (Å²) in [6, 6.07) is 10.0. The number of hydrogen-bond donors (Lipinski definition) is 0. The maximum absolute atomic E-state index is 3.91. The van der Waals surface area contributed by atoms with E-state index in [4.69, 9.17) is 0 Å². The Labute approximate surface area is 126 Å². The summed E-state index contributed by atoms with van der Waals surface area (Å²) in [7, 11) is -0.861. The van der Waals surface area contributed by atoms with E-state index in [-0.39, 0.29) is 21.1 Å². The molecule has 0 saturated carbocycles. The van der Waals surface area contributed by atoms with Crippen LogP contribution in [-0.4, -0.2) is 8.07 Å². The summed E-state index contributed by atoms with van der Waals surface area (Å²) in [6.45, 7) is 18.6. The van der Waals surface area contributed by atoms with Crippen molar-refractivity contribution in [2.45, 2.75) is 47.3 Å². The van der Waals surface area contributed by atoms with Gasteiger partial charge in [0.25, 0.3) is 0 Å². The molecule has 0 nitrogen and oxygen atoms in total. The molecular weight excluding hydrogens is 403 g/mol. The molecule has 0 unspecified atom stereocenters. The van der Waals surface area contributed by atoms with E-state index in [0.717, 1.165) is 0 Å². The van der Waals surface area contributed by atoms with Crippen molar-refractivity contribution in [2.75, 3.05) is 0 Å². The van der Waals surface area contributed by atoms with Crippen LogP contribution in [0.15, 0.2) is 30.3 Å². The van der Waals surface area contributed by atoms with Crippen molar-refractivity contribution in [3.8, 4) is 0 Å². The number of hydrogen-bond acceptors (Lipinski definition) is 0. The maximum Gasteiger partial charge on any atom is 4.00 e. The van der Waals surface area contributed by atoms with Crippen LogP contribution in [0.5, 0.6) is 0 Å². The molecule has 0 aromatic heterocycles. The third-order valence-corrected chi connectivity index (χ3v) is 0.556. The molecule has 1 aromatic rings. The van der Waals surface area contributed by atoms with Gasteiger partial charge in [0.2, 0.25) is 0 Å². The predicted octanol–water partition coefficient (Wildman–Crippen LogP) is 5.56. The first kappa shape index (κ1) is 25.9. The van der Waals surface area contributed by atoms with Gasteiger partial charge in [-0.25, -0.2) is 12.1 Å². The Hall–Kier alpha value is 0.255. The van der Waals surface area contributed by atoms with Crippen molar-refractivity contribution in [2.24, 2.45) is 0 Å². The molecule has 0 N–H and O–H groups in total. The van der Waals surface area contributed by atoms with Gasteiger partial charge in [-0.2, -0.15) is 45.9 Å². The Kier molecular flexibility index (Phi) is 32.9. The molecule has 2 heteroatoms. The van der Waals surface area contributed by atoms with E-state index in [1.54, 1.807) is 0 Å². The first-order valence-corrected chi connectivity index (χ1v) is 9.54. The van der Waals surface area contributed by atoms with Gasteiger partial charge in [0.05, 0.1) is 0 Å². The van der Waals surface area contributed by atoms with Gasteiger partial charge in [-0.3, -0.25) is 0 Å². The molecule has 0 heterocycles. The molecule has 0 fully saturated rings. The molecule has 0 saturated heterocycles. The second-order valence-corrected chi connectivity index (χ2v) is 9.80. The molecular formula is C15H30PtSi. The van der Waals surface area contributed by atoms with Crippen LogP contribution in [0.25, 0.3) is 0 Å². The van der Waals surface area contributed by atoms with Crippen LogP contribution in [-0.2, 0) is 21.1 Å². The SMILES string of the molecule is C[CH-]C.C[CH-]C.[CH2-][Si](C)(C)C.[Pt+4].c1cc[cH-]c1. The van der Waals surface area contributed by atoms with Gasteiger partial charge < -0.3 is 19.4 Å². The third-order valence-electron chi connectivity index (χ3n) is 0.556. The quantitative estimate of drug-likeness (QED) is 0.371. The Morgan fingerprint density at radius 3 is 1.12 bits per heavy atom. The molecule has 0 aliphatic heterocycles. The first-order valence-electron chi connectivity index (χ1n) is 5.83. The summed E-state index contributed by atoms with van der Waals surface area (Å²) >= 11 is 0. The monoisotopic (exact) mass is 433 g/mol. The fraction of sp³-hybridized carbons (Fsp3) is 0.467. The summed E-state index contributed by atoms with van der Waals surface area (Å²) in [6.07, 6.45) is 4.00. The van der Waals surface area contributed by atoms with E-state index in [0.29, 0.717) is 0 Å². The van der Waals surface area contributed by atoms with Gasteiger partial charge >= 0.3 is 21.1 Å². The van der Waals surface area contributed by atoms with Crippen LogP contribution in [0.2, 0.25) is 19.6 Å².